The fourth-order valence-corrected chi connectivity index (χ4v) is 14.9. The monoisotopic (exact) mass is 899 g/mol. The Labute approximate surface area is 385 Å². The van der Waals surface area contributed by atoms with Crippen LogP contribution in [0.15, 0.2) is 54.6 Å². The highest BCUT2D eigenvalue weighted by Crippen LogP contribution is 2.46. The minimum Gasteiger partial charge on any atom is -0.507 e. The molecule has 4 rings (SSSR count). The minimum absolute atomic E-state index is 0.00617. The van der Waals surface area contributed by atoms with Crippen molar-refractivity contribution >= 4 is 33.6 Å². The lowest BCUT2D eigenvalue weighted by atomic mass is 9.82. The van der Waals surface area contributed by atoms with Crippen molar-refractivity contribution < 1.29 is 23.9 Å². The molecule has 9 heteroatoms. The molecule has 0 saturated carbocycles. The highest BCUT2D eigenvalue weighted by Gasteiger charge is 2.49. The average molecular weight is 899 g/mol. The van der Waals surface area contributed by atoms with Crippen LogP contribution < -0.4 is 10.5 Å². The Morgan fingerprint density at radius 1 is 0.714 bits per heavy atom. The standard InChI is InChI=1S/C54H86N2O5Si2/c1-12-13-35-53(4,5)63(10,11)61-54(6,7)62(8,9)39-26-25-37-56(36-24-20-18-16-14-15-17-19-21-27-41(2)3)38-34-42-30-32-43(33-31-42)60-47-40-46(57)48-49(50(47)55)52(59)45-29-23-22-28-44(45)51(48)58/h22-23,28-33,40-41,57H,12-21,24-27,34-39,55H2,1-11H3. The molecule has 0 atom stereocenters. The van der Waals surface area contributed by atoms with Crippen molar-refractivity contribution in [1.82, 2.24) is 4.90 Å². The number of phenols is 1. The van der Waals surface area contributed by atoms with Gasteiger partial charge >= 0.3 is 0 Å². The van der Waals surface area contributed by atoms with E-state index in [-0.39, 0.29) is 49.7 Å². The fourth-order valence-electron chi connectivity index (χ4n) is 9.00. The van der Waals surface area contributed by atoms with E-state index in [2.05, 4.69) is 91.7 Å². The number of benzene rings is 3. The Bertz CT molecular complexity index is 1920. The molecule has 0 saturated heterocycles. The molecular formula is C54H86N2O5Si2. The van der Waals surface area contributed by atoms with E-state index < -0.39 is 28.0 Å². The number of nitrogens with zero attached hydrogens (tertiary/aromatic N) is 1. The zero-order valence-electron chi connectivity index (χ0n) is 41.5. The first-order chi connectivity index (χ1) is 29.7. The molecule has 0 spiro atoms. The first kappa shape index (κ1) is 52.4. The Morgan fingerprint density at radius 3 is 1.83 bits per heavy atom. The Morgan fingerprint density at radius 2 is 1.25 bits per heavy atom. The van der Waals surface area contributed by atoms with E-state index >= 15 is 0 Å². The predicted molar refractivity (Wildman–Crippen MR) is 271 cm³/mol. The van der Waals surface area contributed by atoms with E-state index in [9.17, 15) is 14.7 Å². The third-order valence-corrected chi connectivity index (χ3v) is 24.5. The molecule has 0 aromatic heterocycles. The number of nitrogen functional groups attached to an aromatic ring is 1. The van der Waals surface area contributed by atoms with Gasteiger partial charge < -0.3 is 24.9 Å². The molecule has 0 aliphatic heterocycles. The van der Waals surface area contributed by atoms with Crippen molar-refractivity contribution in [3.8, 4) is 17.2 Å². The van der Waals surface area contributed by atoms with E-state index in [4.69, 9.17) is 14.9 Å². The third-order valence-electron chi connectivity index (χ3n) is 14.8. The lowest BCUT2D eigenvalue weighted by molar-refractivity contribution is 0.0977. The summed E-state index contributed by atoms with van der Waals surface area (Å²) in [4.78, 5) is 29.4. The van der Waals surface area contributed by atoms with Crippen LogP contribution >= 0.6 is 0 Å². The van der Waals surface area contributed by atoms with Crippen LogP contribution in [0.4, 0.5) is 5.69 Å². The number of hydrogen-bond acceptors (Lipinski definition) is 7. The number of rotatable bonds is 29. The van der Waals surface area contributed by atoms with Crippen molar-refractivity contribution in [3.63, 3.8) is 0 Å². The summed E-state index contributed by atoms with van der Waals surface area (Å²) in [7, 11) is -3.62. The van der Waals surface area contributed by atoms with Crippen LogP contribution in [-0.2, 0) is 10.8 Å². The Balaban J connectivity index is 1.34. The normalized spacial score (nSPS) is 13.5. The van der Waals surface area contributed by atoms with Crippen molar-refractivity contribution in [2.75, 3.05) is 25.4 Å². The highest BCUT2D eigenvalue weighted by atomic mass is 28.4. The van der Waals surface area contributed by atoms with Crippen molar-refractivity contribution in [1.29, 1.82) is 0 Å². The number of phenolic OH excluding ortho intramolecular Hbond substituents is 1. The van der Waals surface area contributed by atoms with Crippen molar-refractivity contribution in [3.05, 3.63) is 82.4 Å². The second-order valence-corrected chi connectivity index (χ2v) is 31.5. The number of fused-ring (bicyclic) bond motifs is 2. The van der Waals surface area contributed by atoms with E-state index in [1.165, 1.54) is 114 Å². The lowest BCUT2D eigenvalue weighted by Gasteiger charge is -2.50. The summed E-state index contributed by atoms with van der Waals surface area (Å²) >= 11 is 0. The molecule has 0 fully saturated rings. The number of nitrogens with two attached hydrogens (primary N) is 1. The number of carbonyl (C=O) groups is 2. The SMILES string of the molecule is CCCCC(C)(C)[Si](C)(C)OC(C)(C)[Si](C)(C)CCCCN(CCCCCCCCCCCC(C)C)CCc1ccc(Oc2cc(O)c3c(c2N)C(=O)c2ccccc2C3=O)cc1. The molecule has 0 bridgehead atoms. The van der Waals surface area contributed by atoms with E-state index in [0.717, 1.165) is 32.0 Å². The van der Waals surface area contributed by atoms with Crippen LogP contribution in [0.5, 0.6) is 17.2 Å². The second-order valence-electron chi connectivity index (χ2n) is 21.4. The lowest BCUT2D eigenvalue weighted by Crippen LogP contribution is -2.59. The molecule has 3 aromatic rings. The van der Waals surface area contributed by atoms with Gasteiger partial charge in [0, 0.05) is 29.0 Å². The van der Waals surface area contributed by atoms with Crippen molar-refractivity contribution in [2.45, 2.75) is 194 Å². The summed E-state index contributed by atoms with van der Waals surface area (Å²) < 4.78 is 13.4. The van der Waals surface area contributed by atoms with Gasteiger partial charge in [0.25, 0.3) is 0 Å². The average Bonchev–Trinajstić information content (AvgIpc) is 3.22. The molecule has 7 nitrogen and oxygen atoms in total. The molecule has 0 heterocycles. The number of hydrogen-bond donors (Lipinski definition) is 2. The van der Waals surface area contributed by atoms with Crippen molar-refractivity contribution in [2.24, 2.45) is 5.92 Å². The van der Waals surface area contributed by atoms with Gasteiger partial charge in [-0.2, -0.15) is 0 Å². The maximum absolute atomic E-state index is 13.4. The summed E-state index contributed by atoms with van der Waals surface area (Å²) in [6, 6.07) is 17.2. The van der Waals surface area contributed by atoms with E-state index in [0.29, 0.717) is 5.75 Å². The van der Waals surface area contributed by atoms with Gasteiger partial charge in [-0.25, -0.2) is 0 Å². The molecule has 350 valence electrons. The summed E-state index contributed by atoms with van der Waals surface area (Å²) in [5.74, 6) is 0.381. The van der Waals surface area contributed by atoms with Crippen LogP contribution in [0, 0.1) is 5.92 Å². The number of anilines is 1. The Hall–Kier alpha value is -3.25. The fraction of sp³-hybridized carbons (Fsp3) is 0.630. The van der Waals surface area contributed by atoms with Gasteiger partial charge in [0.05, 0.1) is 24.9 Å². The quantitative estimate of drug-likeness (QED) is 0.0242. The summed E-state index contributed by atoms with van der Waals surface area (Å²) in [6.07, 6.45) is 20.6. The number of carbonyl (C=O) groups excluding carboxylic acids is 2. The second kappa shape index (κ2) is 23.8. The number of ether oxygens (including phenoxy) is 1. The minimum atomic E-state index is -1.93. The molecule has 63 heavy (non-hydrogen) atoms. The van der Waals surface area contributed by atoms with Gasteiger partial charge in [0.2, 0.25) is 0 Å². The number of aromatic hydroxyl groups is 1. The molecule has 0 radical (unpaired) electrons. The van der Waals surface area contributed by atoms with Crippen LogP contribution in [0.2, 0.25) is 37.3 Å². The predicted octanol–water partition coefficient (Wildman–Crippen LogP) is 14.9. The van der Waals surface area contributed by atoms with E-state index in [1.807, 2.05) is 12.1 Å². The van der Waals surface area contributed by atoms with Crippen LogP contribution in [0.1, 0.15) is 182 Å². The topological polar surface area (TPSA) is 102 Å². The molecule has 0 unspecified atom stereocenters. The molecule has 0 amide bonds. The summed E-state index contributed by atoms with van der Waals surface area (Å²) in [6.45, 7) is 29.9. The maximum atomic E-state index is 13.4. The van der Waals surface area contributed by atoms with Crippen LogP contribution in [-0.4, -0.2) is 62.8 Å². The number of unbranched alkanes of at least 4 members (excludes halogenated alkanes) is 10. The van der Waals surface area contributed by atoms with Gasteiger partial charge in [0.15, 0.2) is 25.6 Å². The van der Waals surface area contributed by atoms with Gasteiger partial charge in [-0.15, -0.1) is 0 Å². The molecule has 3 aromatic carbocycles. The van der Waals surface area contributed by atoms with Crippen LogP contribution in [0.25, 0.3) is 0 Å². The van der Waals surface area contributed by atoms with Gasteiger partial charge in [-0.3, -0.25) is 9.59 Å². The highest BCUT2D eigenvalue weighted by molar-refractivity contribution is 6.82. The van der Waals surface area contributed by atoms with Gasteiger partial charge in [0.1, 0.15) is 11.5 Å². The molecule has 1 aliphatic rings. The first-order valence-electron chi connectivity index (χ1n) is 24.7. The van der Waals surface area contributed by atoms with Crippen LogP contribution in [0.3, 0.4) is 0 Å². The molecular weight excluding hydrogens is 813 g/mol. The maximum Gasteiger partial charge on any atom is 0.198 e. The zero-order valence-corrected chi connectivity index (χ0v) is 43.5. The Kier molecular flexibility index (Phi) is 19.8. The van der Waals surface area contributed by atoms with Gasteiger partial charge in [-0.1, -0.05) is 167 Å². The number of ketones is 2. The zero-order chi connectivity index (χ0) is 46.4. The van der Waals surface area contributed by atoms with Gasteiger partial charge in [-0.05, 0) is 94.4 Å². The molecule has 3 N–H and O–H groups in total. The third kappa shape index (κ3) is 14.6. The smallest absolute Gasteiger partial charge is 0.198 e. The molecule has 1 aliphatic carbocycles. The summed E-state index contributed by atoms with van der Waals surface area (Å²) in [5.41, 5.74) is 8.21. The largest absolute Gasteiger partial charge is 0.507 e. The first-order valence-corrected chi connectivity index (χ1v) is 30.9. The summed E-state index contributed by atoms with van der Waals surface area (Å²) in [5, 5.41) is 11.1. The van der Waals surface area contributed by atoms with E-state index in [1.54, 1.807) is 24.3 Å².